The zero-order valence-corrected chi connectivity index (χ0v) is 15.1. The minimum atomic E-state index is 0.457. The maximum atomic E-state index is 6.02. The van der Waals surface area contributed by atoms with Gasteiger partial charge in [0.25, 0.3) is 0 Å². The number of ether oxygens (including phenoxy) is 1. The second kappa shape index (κ2) is 8.94. The Hall–Kier alpha value is -2.95. The number of rotatable bonds is 6. The van der Waals surface area contributed by atoms with Crippen LogP contribution in [-0.2, 0) is 0 Å². The van der Waals surface area contributed by atoms with Gasteiger partial charge in [0, 0.05) is 30.2 Å². The Kier molecular flexibility index (Phi) is 6.14. The molecule has 0 aliphatic heterocycles. The summed E-state index contributed by atoms with van der Waals surface area (Å²) in [4.78, 5) is 13.1. The summed E-state index contributed by atoms with van der Waals surface area (Å²) in [6.07, 6.45) is 13.6. The third kappa shape index (κ3) is 4.57. The van der Waals surface area contributed by atoms with Crippen molar-refractivity contribution in [2.75, 3.05) is 5.32 Å². The highest BCUT2D eigenvalue weighted by Gasteiger charge is 2.23. The van der Waals surface area contributed by atoms with Gasteiger partial charge in [-0.25, -0.2) is 9.98 Å². The molecular formula is C21H24N4O. The van der Waals surface area contributed by atoms with E-state index in [9.17, 15) is 0 Å². The Morgan fingerprint density at radius 3 is 2.62 bits per heavy atom. The van der Waals surface area contributed by atoms with Gasteiger partial charge in [-0.05, 0) is 50.1 Å². The number of amidine groups is 1. The summed E-state index contributed by atoms with van der Waals surface area (Å²) in [5.74, 6) is 2.54. The Balaban J connectivity index is 1.72. The van der Waals surface area contributed by atoms with Crippen LogP contribution >= 0.6 is 0 Å². The molecule has 1 fully saturated rings. The van der Waals surface area contributed by atoms with Gasteiger partial charge in [-0.15, -0.1) is 0 Å². The van der Waals surface area contributed by atoms with E-state index in [0.717, 1.165) is 35.8 Å². The van der Waals surface area contributed by atoms with E-state index in [2.05, 4.69) is 26.9 Å². The first-order valence-corrected chi connectivity index (χ1v) is 8.97. The largest absolute Gasteiger partial charge is 0.437 e. The molecule has 5 nitrogen and oxygen atoms in total. The molecule has 0 radical (unpaired) electrons. The second-order valence-corrected chi connectivity index (χ2v) is 6.18. The molecule has 1 heterocycles. The smallest absolute Gasteiger partial charge is 0.241 e. The molecule has 1 saturated carbocycles. The van der Waals surface area contributed by atoms with Gasteiger partial charge >= 0.3 is 0 Å². The maximum Gasteiger partial charge on any atom is 0.241 e. The van der Waals surface area contributed by atoms with Gasteiger partial charge in [0.05, 0.1) is 0 Å². The zero-order chi connectivity index (χ0) is 18.2. The summed E-state index contributed by atoms with van der Waals surface area (Å²) in [6.45, 7) is 5.58. The van der Waals surface area contributed by atoms with Crippen LogP contribution in [0.5, 0.6) is 11.6 Å². The van der Waals surface area contributed by atoms with Crippen molar-refractivity contribution in [2.24, 2.45) is 4.99 Å². The molecule has 134 valence electrons. The van der Waals surface area contributed by atoms with Crippen LogP contribution in [0, 0.1) is 0 Å². The SMILES string of the molecule is C=C/N=C(\C=C/C)Nc1ccc(Oc2nccnc2C2CCCC2)cc1. The number of hydrogen-bond donors (Lipinski definition) is 1. The van der Waals surface area contributed by atoms with E-state index in [0.29, 0.717) is 11.8 Å². The predicted octanol–water partition coefficient (Wildman–Crippen LogP) is 5.46. The molecule has 5 heteroatoms. The minimum absolute atomic E-state index is 0.457. The lowest BCUT2D eigenvalue weighted by atomic mass is 10.0. The van der Waals surface area contributed by atoms with Crippen molar-refractivity contribution in [3.63, 3.8) is 0 Å². The quantitative estimate of drug-likeness (QED) is 0.556. The van der Waals surface area contributed by atoms with E-state index in [1.165, 1.54) is 19.0 Å². The third-order valence-corrected chi connectivity index (χ3v) is 4.33. The molecule has 1 aromatic carbocycles. The van der Waals surface area contributed by atoms with Crippen LogP contribution in [0.4, 0.5) is 5.69 Å². The molecule has 0 amide bonds. The highest BCUT2D eigenvalue weighted by atomic mass is 16.5. The average Bonchev–Trinajstić information content (AvgIpc) is 3.19. The van der Waals surface area contributed by atoms with Crippen molar-refractivity contribution >= 4 is 11.5 Å². The Bertz CT molecular complexity index is 790. The van der Waals surface area contributed by atoms with Gasteiger partial charge in [0.1, 0.15) is 17.3 Å². The van der Waals surface area contributed by atoms with E-state index in [1.807, 2.05) is 43.3 Å². The van der Waals surface area contributed by atoms with Crippen LogP contribution in [0.2, 0.25) is 0 Å². The van der Waals surface area contributed by atoms with Gasteiger partial charge in [0.15, 0.2) is 0 Å². The second-order valence-electron chi connectivity index (χ2n) is 6.18. The molecule has 0 atom stereocenters. The van der Waals surface area contributed by atoms with E-state index in [4.69, 9.17) is 4.74 Å². The van der Waals surface area contributed by atoms with Crippen LogP contribution in [0.3, 0.4) is 0 Å². The van der Waals surface area contributed by atoms with E-state index in [-0.39, 0.29) is 0 Å². The van der Waals surface area contributed by atoms with Gasteiger partial charge in [-0.2, -0.15) is 0 Å². The average molecular weight is 348 g/mol. The molecule has 1 aliphatic rings. The fourth-order valence-electron chi connectivity index (χ4n) is 3.13. The summed E-state index contributed by atoms with van der Waals surface area (Å²) >= 11 is 0. The summed E-state index contributed by atoms with van der Waals surface area (Å²) < 4.78 is 6.02. The molecule has 2 aromatic rings. The lowest BCUT2D eigenvalue weighted by Gasteiger charge is -2.13. The van der Waals surface area contributed by atoms with Crippen LogP contribution in [0.1, 0.15) is 44.2 Å². The molecule has 0 spiro atoms. The van der Waals surface area contributed by atoms with Crippen molar-refractivity contribution in [3.05, 3.63) is 67.3 Å². The Labute approximate surface area is 154 Å². The number of nitrogens with one attached hydrogen (secondary N) is 1. The van der Waals surface area contributed by atoms with Gasteiger partial charge < -0.3 is 10.1 Å². The summed E-state index contributed by atoms with van der Waals surface area (Å²) in [7, 11) is 0. The van der Waals surface area contributed by atoms with E-state index >= 15 is 0 Å². The lowest BCUT2D eigenvalue weighted by Crippen LogP contribution is -2.08. The topological polar surface area (TPSA) is 59.4 Å². The van der Waals surface area contributed by atoms with E-state index in [1.54, 1.807) is 12.4 Å². The van der Waals surface area contributed by atoms with Crippen LogP contribution in [0.15, 0.2) is 66.6 Å². The molecular weight excluding hydrogens is 324 g/mol. The number of allylic oxidation sites excluding steroid dienone is 1. The van der Waals surface area contributed by atoms with Crippen LogP contribution in [0.25, 0.3) is 0 Å². The first-order valence-electron chi connectivity index (χ1n) is 8.97. The van der Waals surface area contributed by atoms with Gasteiger partial charge in [-0.1, -0.05) is 25.5 Å². The maximum absolute atomic E-state index is 6.02. The van der Waals surface area contributed by atoms with Gasteiger partial charge in [-0.3, -0.25) is 4.98 Å². The van der Waals surface area contributed by atoms with Crippen molar-refractivity contribution in [1.82, 2.24) is 9.97 Å². The molecule has 0 saturated heterocycles. The molecule has 1 aliphatic carbocycles. The third-order valence-electron chi connectivity index (χ3n) is 4.33. The predicted molar refractivity (Wildman–Crippen MR) is 106 cm³/mol. The molecule has 26 heavy (non-hydrogen) atoms. The standard InChI is InChI=1S/C21H24N4O/c1-3-7-19(22-4-2)25-17-10-12-18(13-11-17)26-21-20(23-14-15-24-21)16-8-5-6-9-16/h3-4,7,10-16H,2,5-6,8-9H2,1H3,(H,22,25)/b7-3-. The normalized spacial score (nSPS) is 15.3. The number of nitrogens with zero attached hydrogens (tertiary/aromatic N) is 3. The number of aromatic nitrogens is 2. The number of benzene rings is 1. The molecule has 1 N–H and O–H groups in total. The lowest BCUT2D eigenvalue weighted by molar-refractivity contribution is 0.444. The van der Waals surface area contributed by atoms with Crippen molar-refractivity contribution < 1.29 is 4.74 Å². The Morgan fingerprint density at radius 2 is 1.92 bits per heavy atom. The zero-order valence-electron chi connectivity index (χ0n) is 15.1. The first-order chi connectivity index (χ1) is 12.8. The first kappa shape index (κ1) is 17.9. The van der Waals surface area contributed by atoms with Crippen molar-refractivity contribution in [3.8, 4) is 11.6 Å². The number of anilines is 1. The molecule has 0 unspecified atom stereocenters. The molecule has 0 bridgehead atoms. The summed E-state index contributed by atoms with van der Waals surface area (Å²) in [5.41, 5.74) is 1.90. The number of aliphatic imine (C=N–C) groups is 1. The van der Waals surface area contributed by atoms with Gasteiger partial charge in [0.2, 0.25) is 5.88 Å². The minimum Gasteiger partial charge on any atom is -0.437 e. The summed E-state index contributed by atoms with van der Waals surface area (Å²) in [5, 5.41) is 3.24. The molecule has 1 aromatic heterocycles. The van der Waals surface area contributed by atoms with E-state index < -0.39 is 0 Å². The monoisotopic (exact) mass is 348 g/mol. The fraction of sp³-hybridized carbons (Fsp3) is 0.286. The number of hydrogen-bond acceptors (Lipinski definition) is 4. The fourth-order valence-corrected chi connectivity index (χ4v) is 3.13. The Morgan fingerprint density at radius 1 is 1.19 bits per heavy atom. The van der Waals surface area contributed by atoms with Crippen LogP contribution < -0.4 is 10.1 Å². The van der Waals surface area contributed by atoms with Crippen molar-refractivity contribution in [2.45, 2.75) is 38.5 Å². The van der Waals surface area contributed by atoms with Crippen molar-refractivity contribution in [1.29, 1.82) is 0 Å². The highest BCUT2D eigenvalue weighted by molar-refractivity contribution is 6.04. The summed E-state index contributed by atoms with van der Waals surface area (Å²) in [6, 6.07) is 7.72. The highest BCUT2D eigenvalue weighted by Crippen LogP contribution is 2.37. The van der Waals surface area contributed by atoms with Crippen LogP contribution in [-0.4, -0.2) is 15.8 Å². The molecule has 3 rings (SSSR count).